The molecular formula is C9H18N2OS. The van der Waals surface area contributed by atoms with E-state index in [-0.39, 0.29) is 5.54 Å². The van der Waals surface area contributed by atoms with Gasteiger partial charge in [0.15, 0.2) is 5.11 Å². The Morgan fingerprint density at radius 3 is 2.69 bits per heavy atom. The first-order valence-corrected chi connectivity index (χ1v) is 5.09. The topological polar surface area (TPSA) is 33.3 Å². The quantitative estimate of drug-likeness (QED) is 0.656. The fourth-order valence-corrected chi connectivity index (χ4v) is 1.82. The van der Waals surface area contributed by atoms with Crippen LogP contribution in [0.15, 0.2) is 0 Å². The standard InChI is InChI=1S/C9H18N2OS/c1-7(2)10-8(13)11-9(3)4-5-12-6-9/h7H,4-6H2,1-3H3,(H2,10,11,13). The monoisotopic (exact) mass is 202 g/mol. The highest BCUT2D eigenvalue weighted by molar-refractivity contribution is 7.80. The third-order valence-corrected chi connectivity index (χ3v) is 2.27. The molecule has 1 fully saturated rings. The van der Waals surface area contributed by atoms with Gasteiger partial charge in [-0.3, -0.25) is 0 Å². The van der Waals surface area contributed by atoms with Crippen molar-refractivity contribution in [2.45, 2.75) is 38.8 Å². The normalized spacial score (nSPS) is 27.7. The van der Waals surface area contributed by atoms with Gasteiger partial charge < -0.3 is 15.4 Å². The molecule has 1 atom stereocenters. The molecule has 2 N–H and O–H groups in total. The number of hydrogen-bond donors (Lipinski definition) is 2. The molecule has 76 valence electrons. The highest BCUT2D eigenvalue weighted by Crippen LogP contribution is 2.16. The van der Waals surface area contributed by atoms with E-state index in [1.165, 1.54) is 0 Å². The van der Waals surface area contributed by atoms with Crippen molar-refractivity contribution in [3.8, 4) is 0 Å². The van der Waals surface area contributed by atoms with Crippen molar-refractivity contribution in [3.05, 3.63) is 0 Å². The molecule has 3 nitrogen and oxygen atoms in total. The molecule has 1 heterocycles. The SMILES string of the molecule is CC(C)NC(=S)NC1(C)CCOC1. The summed E-state index contributed by atoms with van der Waals surface area (Å²) in [5, 5.41) is 7.17. The number of nitrogens with one attached hydrogen (secondary N) is 2. The van der Waals surface area contributed by atoms with Crippen LogP contribution in [-0.2, 0) is 4.74 Å². The lowest BCUT2D eigenvalue weighted by molar-refractivity contribution is 0.177. The Labute approximate surface area is 85.2 Å². The number of ether oxygens (including phenoxy) is 1. The van der Waals surface area contributed by atoms with E-state index >= 15 is 0 Å². The van der Waals surface area contributed by atoms with Gasteiger partial charge in [0.05, 0.1) is 12.1 Å². The molecule has 1 rings (SSSR count). The minimum Gasteiger partial charge on any atom is -0.379 e. The molecule has 1 unspecified atom stereocenters. The van der Waals surface area contributed by atoms with E-state index in [0.29, 0.717) is 6.04 Å². The fraction of sp³-hybridized carbons (Fsp3) is 0.889. The zero-order valence-electron chi connectivity index (χ0n) is 8.52. The van der Waals surface area contributed by atoms with Gasteiger partial charge in [-0.25, -0.2) is 0 Å². The van der Waals surface area contributed by atoms with Crippen LogP contribution in [0.3, 0.4) is 0 Å². The summed E-state index contributed by atoms with van der Waals surface area (Å²) in [6.45, 7) is 7.85. The summed E-state index contributed by atoms with van der Waals surface area (Å²) in [5.74, 6) is 0. The summed E-state index contributed by atoms with van der Waals surface area (Å²) in [4.78, 5) is 0. The van der Waals surface area contributed by atoms with Gasteiger partial charge in [-0.15, -0.1) is 0 Å². The Balaban J connectivity index is 2.34. The third kappa shape index (κ3) is 3.48. The van der Waals surface area contributed by atoms with E-state index < -0.39 is 0 Å². The first kappa shape index (κ1) is 10.7. The molecule has 0 aromatic carbocycles. The summed E-state index contributed by atoms with van der Waals surface area (Å²) < 4.78 is 5.32. The second-order valence-electron chi connectivity index (χ2n) is 4.12. The van der Waals surface area contributed by atoms with Crippen LogP contribution >= 0.6 is 12.2 Å². The third-order valence-electron chi connectivity index (χ3n) is 2.05. The maximum Gasteiger partial charge on any atom is 0.166 e. The molecule has 4 heteroatoms. The smallest absolute Gasteiger partial charge is 0.166 e. The van der Waals surface area contributed by atoms with Crippen LogP contribution in [0.4, 0.5) is 0 Å². The lowest BCUT2D eigenvalue weighted by Crippen LogP contribution is -2.51. The average Bonchev–Trinajstić information content (AvgIpc) is 2.33. The van der Waals surface area contributed by atoms with Crippen LogP contribution in [0, 0.1) is 0 Å². The Morgan fingerprint density at radius 2 is 2.23 bits per heavy atom. The Bertz CT molecular complexity index is 188. The van der Waals surface area contributed by atoms with Crippen LogP contribution in [0.25, 0.3) is 0 Å². The zero-order valence-corrected chi connectivity index (χ0v) is 9.33. The van der Waals surface area contributed by atoms with Crippen molar-refractivity contribution in [1.82, 2.24) is 10.6 Å². The van der Waals surface area contributed by atoms with Crippen molar-refractivity contribution in [1.29, 1.82) is 0 Å². The molecule has 0 bridgehead atoms. The molecule has 0 saturated carbocycles. The largest absolute Gasteiger partial charge is 0.379 e. The fourth-order valence-electron chi connectivity index (χ4n) is 1.34. The molecule has 1 aliphatic rings. The van der Waals surface area contributed by atoms with Crippen LogP contribution < -0.4 is 10.6 Å². The van der Waals surface area contributed by atoms with E-state index in [4.69, 9.17) is 17.0 Å². The summed E-state index contributed by atoms with van der Waals surface area (Å²) >= 11 is 5.16. The van der Waals surface area contributed by atoms with Gasteiger partial charge in [-0.2, -0.15) is 0 Å². The van der Waals surface area contributed by atoms with Crippen LogP contribution in [0.5, 0.6) is 0 Å². The summed E-state index contributed by atoms with van der Waals surface area (Å²) in [6, 6.07) is 0.380. The molecule has 1 aliphatic heterocycles. The molecule has 13 heavy (non-hydrogen) atoms. The lowest BCUT2D eigenvalue weighted by atomic mass is 10.0. The van der Waals surface area contributed by atoms with Crippen LogP contribution in [-0.4, -0.2) is 29.9 Å². The molecule has 0 spiro atoms. The average molecular weight is 202 g/mol. The van der Waals surface area contributed by atoms with Crippen molar-refractivity contribution in [3.63, 3.8) is 0 Å². The maximum absolute atomic E-state index is 5.32. The molecule has 0 aromatic rings. The second-order valence-corrected chi connectivity index (χ2v) is 4.52. The highest BCUT2D eigenvalue weighted by Gasteiger charge is 2.30. The Kier molecular flexibility index (Phi) is 3.50. The number of hydrogen-bond acceptors (Lipinski definition) is 2. The van der Waals surface area contributed by atoms with Gasteiger partial charge in [0.1, 0.15) is 0 Å². The van der Waals surface area contributed by atoms with E-state index in [1.54, 1.807) is 0 Å². The summed E-state index contributed by atoms with van der Waals surface area (Å²) in [7, 11) is 0. The molecular weight excluding hydrogens is 184 g/mol. The van der Waals surface area contributed by atoms with Crippen molar-refractivity contribution in [2.75, 3.05) is 13.2 Å². The predicted octanol–water partition coefficient (Wildman–Crippen LogP) is 1.04. The molecule has 0 aliphatic carbocycles. The van der Waals surface area contributed by atoms with E-state index in [9.17, 15) is 0 Å². The molecule has 0 aromatic heterocycles. The minimum atomic E-state index is 0.0268. The zero-order chi connectivity index (χ0) is 9.90. The molecule has 1 saturated heterocycles. The van der Waals surface area contributed by atoms with Crippen molar-refractivity contribution in [2.24, 2.45) is 0 Å². The van der Waals surface area contributed by atoms with Crippen molar-refractivity contribution >= 4 is 17.3 Å². The van der Waals surface area contributed by atoms with Gasteiger partial charge in [-0.05, 0) is 39.4 Å². The van der Waals surface area contributed by atoms with Gasteiger partial charge in [-0.1, -0.05) is 0 Å². The van der Waals surface area contributed by atoms with Gasteiger partial charge >= 0.3 is 0 Å². The Hall–Kier alpha value is -0.350. The van der Waals surface area contributed by atoms with Crippen molar-refractivity contribution < 1.29 is 4.74 Å². The van der Waals surface area contributed by atoms with E-state index in [1.807, 2.05) is 0 Å². The Morgan fingerprint density at radius 1 is 1.54 bits per heavy atom. The second kappa shape index (κ2) is 4.24. The van der Waals surface area contributed by atoms with Gasteiger partial charge in [0.25, 0.3) is 0 Å². The first-order chi connectivity index (χ1) is 6.02. The molecule has 0 amide bonds. The minimum absolute atomic E-state index is 0.0268. The van der Waals surface area contributed by atoms with Crippen LogP contribution in [0.1, 0.15) is 27.2 Å². The summed E-state index contributed by atoms with van der Waals surface area (Å²) in [6.07, 6.45) is 1.02. The molecule has 0 radical (unpaired) electrons. The van der Waals surface area contributed by atoms with E-state index in [2.05, 4.69) is 31.4 Å². The van der Waals surface area contributed by atoms with Gasteiger partial charge in [0, 0.05) is 12.6 Å². The van der Waals surface area contributed by atoms with E-state index in [0.717, 1.165) is 24.7 Å². The lowest BCUT2D eigenvalue weighted by Gasteiger charge is -2.26. The maximum atomic E-state index is 5.32. The number of thiocarbonyl (C=S) groups is 1. The summed E-state index contributed by atoms with van der Waals surface area (Å²) in [5.41, 5.74) is 0.0268. The highest BCUT2D eigenvalue weighted by atomic mass is 32.1. The van der Waals surface area contributed by atoms with Crippen LogP contribution in [0.2, 0.25) is 0 Å². The van der Waals surface area contributed by atoms with Gasteiger partial charge in [0.2, 0.25) is 0 Å². The first-order valence-electron chi connectivity index (χ1n) is 4.68. The number of rotatable bonds is 2. The predicted molar refractivity (Wildman–Crippen MR) is 57.8 cm³/mol.